The Morgan fingerprint density at radius 3 is 2.63 bits per heavy atom. The van der Waals surface area contributed by atoms with Crippen LogP contribution in [-0.2, 0) is 13.2 Å². The van der Waals surface area contributed by atoms with Crippen molar-refractivity contribution < 1.29 is 9.13 Å². The summed E-state index contributed by atoms with van der Waals surface area (Å²) in [6.45, 7) is 2.95. The molecule has 0 atom stereocenters. The normalized spacial score (nSPS) is 10.5. The van der Waals surface area contributed by atoms with Gasteiger partial charge in [0.05, 0.1) is 5.02 Å². The molecule has 100 valence electrons. The fraction of sp³-hybridized carbons (Fsp3) is 0.200. The van der Waals surface area contributed by atoms with Crippen LogP contribution in [0.5, 0.6) is 5.75 Å². The lowest BCUT2D eigenvalue weighted by Gasteiger charge is -2.10. The van der Waals surface area contributed by atoms with Crippen LogP contribution >= 0.6 is 11.6 Å². The minimum absolute atomic E-state index is 0.0627. The van der Waals surface area contributed by atoms with Crippen molar-refractivity contribution in [3.8, 4) is 5.75 Å². The van der Waals surface area contributed by atoms with E-state index >= 15 is 0 Å². The Balaban J connectivity index is 2.07. The largest absolute Gasteiger partial charge is 0.489 e. The molecule has 0 aliphatic carbocycles. The second-order valence-electron chi connectivity index (χ2n) is 4.33. The average molecular weight is 280 g/mol. The summed E-state index contributed by atoms with van der Waals surface area (Å²) in [6, 6.07) is 10.3. The lowest BCUT2D eigenvalue weighted by molar-refractivity contribution is 0.305. The molecule has 0 bridgehead atoms. The Labute approximate surface area is 117 Å². The van der Waals surface area contributed by atoms with E-state index in [0.29, 0.717) is 18.9 Å². The van der Waals surface area contributed by atoms with Gasteiger partial charge in [0.25, 0.3) is 0 Å². The van der Waals surface area contributed by atoms with Gasteiger partial charge in [-0.25, -0.2) is 4.39 Å². The summed E-state index contributed by atoms with van der Waals surface area (Å²) in [5.41, 5.74) is 8.86. The molecule has 0 unspecified atom stereocenters. The number of rotatable bonds is 4. The van der Waals surface area contributed by atoms with Gasteiger partial charge in [-0.15, -0.1) is 0 Å². The number of halogens is 2. The molecule has 0 heterocycles. The van der Waals surface area contributed by atoms with Crippen LogP contribution in [0.4, 0.5) is 4.39 Å². The molecule has 2 aromatic rings. The van der Waals surface area contributed by atoms with Crippen LogP contribution in [-0.4, -0.2) is 0 Å². The minimum Gasteiger partial charge on any atom is -0.489 e. The molecular formula is C15H15ClFNO. The highest BCUT2D eigenvalue weighted by Crippen LogP contribution is 2.22. The standard InChI is InChI=1S/C15H15ClFNO/c1-10-6-11(8-18)2-3-12(10)9-19-13-4-5-15(17)14(16)7-13/h2-7H,8-9,18H2,1H3. The predicted octanol–water partition coefficient (Wildman–Crippen LogP) is 3.83. The molecule has 0 aliphatic heterocycles. The number of nitrogens with two attached hydrogens (primary N) is 1. The summed E-state index contributed by atoms with van der Waals surface area (Å²) < 4.78 is 18.6. The molecule has 2 nitrogen and oxygen atoms in total. The summed E-state index contributed by atoms with van der Waals surface area (Å²) >= 11 is 5.70. The van der Waals surface area contributed by atoms with Crippen molar-refractivity contribution in [1.29, 1.82) is 0 Å². The predicted molar refractivity (Wildman–Crippen MR) is 74.8 cm³/mol. The maximum atomic E-state index is 13.0. The van der Waals surface area contributed by atoms with Gasteiger partial charge >= 0.3 is 0 Å². The lowest BCUT2D eigenvalue weighted by atomic mass is 10.1. The molecule has 0 aliphatic rings. The highest BCUT2D eigenvalue weighted by molar-refractivity contribution is 6.30. The Morgan fingerprint density at radius 1 is 1.21 bits per heavy atom. The van der Waals surface area contributed by atoms with E-state index in [4.69, 9.17) is 22.1 Å². The van der Waals surface area contributed by atoms with Crippen molar-refractivity contribution in [2.45, 2.75) is 20.1 Å². The molecule has 2 N–H and O–H groups in total. The van der Waals surface area contributed by atoms with E-state index in [0.717, 1.165) is 16.7 Å². The van der Waals surface area contributed by atoms with Crippen molar-refractivity contribution in [1.82, 2.24) is 0 Å². The van der Waals surface area contributed by atoms with E-state index in [-0.39, 0.29) is 5.02 Å². The molecule has 4 heteroatoms. The van der Waals surface area contributed by atoms with E-state index in [1.54, 1.807) is 6.07 Å². The molecule has 0 saturated heterocycles. The summed E-state index contributed by atoms with van der Waals surface area (Å²) in [5, 5.41) is 0.0627. The first-order chi connectivity index (χ1) is 9.10. The third kappa shape index (κ3) is 3.46. The molecule has 0 fully saturated rings. The zero-order valence-corrected chi connectivity index (χ0v) is 11.4. The SMILES string of the molecule is Cc1cc(CN)ccc1COc1ccc(F)c(Cl)c1. The van der Waals surface area contributed by atoms with Crippen molar-refractivity contribution in [3.05, 3.63) is 63.9 Å². The number of benzene rings is 2. The number of aryl methyl sites for hydroxylation is 1. The van der Waals surface area contributed by atoms with Crippen LogP contribution in [0.15, 0.2) is 36.4 Å². The van der Waals surface area contributed by atoms with Gasteiger partial charge in [0.2, 0.25) is 0 Å². The van der Waals surface area contributed by atoms with Gasteiger partial charge in [0.15, 0.2) is 0 Å². The molecule has 2 rings (SSSR count). The van der Waals surface area contributed by atoms with Gasteiger partial charge in [-0.1, -0.05) is 29.8 Å². The molecule has 0 spiro atoms. The molecule has 0 saturated carbocycles. The lowest BCUT2D eigenvalue weighted by Crippen LogP contribution is -2.01. The Bertz CT molecular complexity index is 586. The zero-order chi connectivity index (χ0) is 13.8. The fourth-order valence-electron chi connectivity index (χ4n) is 1.77. The van der Waals surface area contributed by atoms with Crippen LogP contribution in [0, 0.1) is 12.7 Å². The van der Waals surface area contributed by atoms with Crippen LogP contribution in [0.2, 0.25) is 5.02 Å². The maximum Gasteiger partial charge on any atom is 0.142 e. The second kappa shape index (κ2) is 6.04. The second-order valence-corrected chi connectivity index (χ2v) is 4.74. The molecule has 19 heavy (non-hydrogen) atoms. The summed E-state index contributed by atoms with van der Waals surface area (Å²) in [6.07, 6.45) is 0. The molecule has 0 aromatic heterocycles. The van der Waals surface area contributed by atoms with Crippen LogP contribution in [0.25, 0.3) is 0 Å². The van der Waals surface area contributed by atoms with Crippen molar-refractivity contribution in [2.24, 2.45) is 5.73 Å². The Kier molecular flexibility index (Phi) is 4.40. The van der Waals surface area contributed by atoms with Crippen LogP contribution < -0.4 is 10.5 Å². The molecule has 2 aromatic carbocycles. The summed E-state index contributed by atoms with van der Waals surface area (Å²) in [5.74, 6) is 0.103. The third-order valence-corrected chi connectivity index (χ3v) is 3.22. The summed E-state index contributed by atoms with van der Waals surface area (Å²) in [7, 11) is 0. The number of ether oxygens (including phenoxy) is 1. The van der Waals surface area contributed by atoms with E-state index in [1.807, 2.05) is 25.1 Å². The van der Waals surface area contributed by atoms with Gasteiger partial charge in [0.1, 0.15) is 18.2 Å². The maximum absolute atomic E-state index is 13.0. The molecule has 0 radical (unpaired) electrons. The zero-order valence-electron chi connectivity index (χ0n) is 10.6. The van der Waals surface area contributed by atoms with Crippen LogP contribution in [0.3, 0.4) is 0 Å². The van der Waals surface area contributed by atoms with E-state index in [1.165, 1.54) is 12.1 Å². The van der Waals surface area contributed by atoms with Crippen molar-refractivity contribution >= 4 is 11.6 Å². The van der Waals surface area contributed by atoms with E-state index in [9.17, 15) is 4.39 Å². The van der Waals surface area contributed by atoms with Gasteiger partial charge in [-0.3, -0.25) is 0 Å². The Morgan fingerprint density at radius 2 is 2.00 bits per heavy atom. The van der Waals surface area contributed by atoms with Gasteiger partial charge in [-0.2, -0.15) is 0 Å². The number of hydrogen-bond donors (Lipinski definition) is 1. The highest BCUT2D eigenvalue weighted by atomic mass is 35.5. The average Bonchev–Trinajstić information content (AvgIpc) is 2.41. The fourth-order valence-corrected chi connectivity index (χ4v) is 1.95. The van der Waals surface area contributed by atoms with E-state index in [2.05, 4.69) is 0 Å². The van der Waals surface area contributed by atoms with Gasteiger partial charge in [0, 0.05) is 12.6 Å². The van der Waals surface area contributed by atoms with Crippen molar-refractivity contribution in [3.63, 3.8) is 0 Å². The highest BCUT2D eigenvalue weighted by Gasteiger charge is 2.04. The third-order valence-electron chi connectivity index (χ3n) is 2.93. The topological polar surface area (TPSA) is 35.2 Å². The first-order valence-corrected chi connectivity index (χ1v) is 6.34. The van der Waals surface area contributed by atoms with E-state index < -0.39 is 5.82 Å². The molecular weight excluding hydrogens is 265 g/mol. The van der Waals surface area contributed by atoms with Crippen molar-refractivity contribution in [2.75, 3.05) is 0 Å². The number of hydrogen-bond acceptors (Lipinski definition) is 2. The smallest absolute Gasteiger partial charge is 0.142 e. The quantitative estimate of drug-likeness (QED) is 0.923. The van der Waals surface area contributed by atoms with Gasteiger partial charge in [-0.05, 0) is 35.7 Å². The first kappa shape index (κ1) is 13.8. The first-order valence-electron chi connectivity index (χ1n) is 5.96. The van der Waals surface area contributed by atoms with Gasteiger partial charge < -0.3 is 10.5 Å². The molecule has 0 amide bonds. The van der Waals surface area contributed by atoms with Crippen LogP contribution in [0.1, 0.15) is 16.7 Å². The monoisotopic (exact) mass is 279 g/mol. The Hall–Kier alpha value is -1.58. The summed E-state index contributed by atoms with van der Waals surface area (Å²) in [4.78, 5) is 0. The minimum atomic E-state index is -0.447.